The maximum atomic E-state index is 10.5. The molecule has 0 aliphatic heterocycles. The zero-order valence-corrected chi connectivity index (χ0v) is 7.13. The largest absolute Gasteiger partial charge is 0.479 e. The molecule has 66 valence electrons. The number of carbonyl (C=O) groups is 1. The standard InChI is InChI=1S/C8H16O3/c1-3-5-6-8(11,4-2)7(9)10/h11H,3-6H2,1-2H3,(H,9,10)/t8-/m1/s1. The monoisotopic (exact) mass is 160 g/mol. The van der Waals surface area contributed by atoms with Gasteiger partial charge >= 0.3 is 5.97 Å². The van der Waals surface area contributed by atoms with Crippen LogP contribution in [0.4, 0.5) is 0 Å². The lowest BCUT2D eigenvalue weighted by Crippen LogP contribution is -2.37. The molecule has 0 heterocycles. The van der Waals surface area contributed by atoms with Crippen LogP contribution < -0.4 is 0 Å². The van der Waals surface area contributed by atoms with Crippen molar-refractivity contribution in [3.05, 3.63) is 0 Å². The number of hydrogen-bond donors (Lipinski definition) is 2. The lowest BCUT2D eigenvalue weighted by Gasteiger charge is -2.20. The first-order valence-corrected chi connectivity index (χ1v) is 4.02. The normalized spacial score (nSPS) is 15.9. The molecule has 0 saturated carbocycles. The number of rotatable bonds is 5. The molecule has 0 radical (unpaired) electrons. The summed E-state index contributed by atoms with van der Waals surface area (Å²) in [6.07, 6.45) is 2.31. The Kier molecular flexibility index (Phi) is 4.11. The molecule has 0 bridgehead atoms. The van der Waals surface area contributed by atoms with Gasteiger partial charge in [0.2, 0.25) is 0 Å². The Morgan fingerprint density at radius 3 is 2.27 bits per heavy atom. The van der Waals surface area contributed by atoms with Gasteiger partial charge in [-0.05, 0) is 12.8 Å². The molecule has 0 aromatic carbocycles. The van der Waals surface area contributed by atoms with Crippen LogP contribution in [0.1, 0.15) is 39.5 Å². The molecule has 3 heteroatoms. The topological polar surface area (TPSA) is 57.5 Å². The highest BCUT2D eigenvalue weighted by Crippen LogP contribution is 2.18. The molecule has 0 saturated heterocycles. The van der Waals surface area contributed by atoms with Crippen molar-refractivity contribution in [2.45, 2.75) is 45.1 Å². The summed E-state index contributed by atoms with van der Waals surface area (Å²) in [7, 11) is 0. The maximum absolute atomic E-state index is 10.5. The van der Waals surface area contributed by atoms with Gasteiger partial charge in [-0.3, -0.25) is 0 Å². The van der Waals surface area contributed by atoms with E-state index in [1.807, 2.05) is 6.92 Å². The summed E-state index contributed by atoms with van der Waals surface area (Å²) in [5.74, 6) is -1.10. The second-order valence-corrected chi connectivity index (χ2v) is 2.79. The third kappa shape index (κ3) is 2.89. The highest BCUT2D eigenvalue weighted by atomic mass is 16.4. The summed E-state index contributed by atoms with van der Waals surface area (Å²) >= 11 is 0. The number of hydrogen-bond acceptors (Lipinski definition) is 2. The van der Waals surface area contributed by atoms with Crippen molar-refractivity contribution in [2.75, 3.05) is 0 Å². The van der Waals surface area contributed by atoms with E-state index in [0.29, 0.717) is 6.42 Å². The van der Waals surface area contributed by atoms with E-state index in [-0.39, 0.29) is 6.42 Å². The van der Waals surface area contributed by atoms with Gasteiger partial charge in [0.1, 0.15) is 0 Å². The van der Waals surface area contributed by atoms with Crippen LogP contribution in [0.2, 0.25) is 0 Å². The number of unbranched alkanes of at least 4 members (excludes halogenated alkanes) is 1. The molecule has 3 nitrogen and oxygen atoms in total. The molecule has 0 rings (SSSR count). The van der Waals surface area contributed by atoms with Gasteiger partial charge in [0, 0.05) is 0 Å². The zero-order chi connectivity index (χ0) is 8.91. The van der Waals surface area contributed by atoms with Crippen LogP contribution in [0.5, 0.6) is 0 Å². The number of carboxylic acids is 1. The van der Waals surface area contributed by atoms with Gasteiger partial charge in [-0.1, -0.05) is 26.7 Å². The molecule has 2 N–H and O–H groups in total. The summed E-state index contributed by atoms with van der Waals surface area (Å²) in [5, 5.41) is 18.0. The molecule has 11 heavy (non-hydrogen) atoms. The summed E-state index contributed by atoms with van der Waals surface area (Å²) in [5.41, 5.74) is -1.49. The number of aliphatic hydroxyl groups is 1. The van der Waals surface area contributed by atoms with E-state index in [2.05, 4.69) is 0 Å². The highest BCUT2D eigenvalue weighted by molar-refractivity contribution is 5.76. The first kappa shape index (κ1) is 10.4. The van der Waals surface area contributed by atoms with Crippen LogP contribution in [0.3, 0.4) is 0 Å². The fraction of sp³-hybridized carbons (Fsp3) is 0.875. The molecule has 1 atom stereocenters. The Bertz CT molecular complexity index is 133. The maximum Gasteiger partial charge on any atom is 0.335 e. The first-order valence-electron chi connectivity index (χ1n) is 4.02. The van der Waals surface area contributed by atoms with Crippen LogP contribution in [0.25, 0.3) is 0 Å². The van der Waals surface area contributed by atoms with E-state index in [9.17, 15) is 9.90 Å². The van der Waals surface area contributed by atoms with Gasteiger partial charge in [-0.15, -0.1) is 0 Å². The number of carboxylic acid groups (broad SMARTS) is 1. The van der Waals surface area contributed by atoms with Crippen molar-refractivity contribution in [3.63, 3.8) is 0 Å². The molecule has 0 amide bonds. The fourth-order valence-corrected chi connectivity index (χ4v) is 0.904. The summed E-state index contributed by atoms with van der Waals surface area (Å²) in [6, 6.07) is 0. The van der Waals surface area contributed by atoms with E-state index in [1.54, 1.807) is 6.92 Å². The summed E-state index contributed by atoms with van der Waals surface area (Å²) in [6.45, 7) is 3.65. The summed E-state index contributed by atoms with van der Waals surface area (Å²) < 4.78 is 0. The van der Waals surface area contributed by atoms with Gasteiger partial charge in [-0.2, -0.15) is 0 Å². The van der Waals surface area contributed by atoms with Crippen molar-refractivity contribution >= 4 is 5.97 Å². The molecule has 0 aromatic heterocycles. The summed E-state index contributed by atoms with van der Waals surface area (Å²) in [4.78, 5) is 10.5. The number of aliphatic carboxylic acids is 1. The molecule has 0 unspecified atom stereocenters. The highest BCUT2D eigenvalue weighted by Gasteiger charge is 2.32. The van der Waals surface area contributed by atoms with E-state index < -0.39 is 11.6 Å². The Morgan fingerprint density at radius 1 is 1.45 bits per heavy atom. The average Bonchev–Trinajstić information content (AvgIpc) is 2.00. The Balaban J connectivity index is 3.99. The van der Waals surface area contributed by atoms with Crippen molar-refractivity contribution in [2.24, 2.45) is 0 Å². The predicted molar refractivity (Wildman–Crippen MR) is 42.4 cm³/mol. The van der Waals surface area contributed by atoms with Crippen molar-refractivity contribution in [3.8, 4) is 0 Å². The van der Waals surface area contributed by atoms with Crippen LogP contribution in [0, 0.1) is 0 Å². The van der Waals surface area contributed by atoms with Gasteiger partial charge < -0.3 is 10.2 Å². The van der Waals surface area contributed by atoms with Gasteiger partial charge in [0.25, 0.3) is 0 Å². The Morgan fingerprint density at radius 2 is 2.00 bits per heavy atom. The lowest BCUT2D eigenvalue weighted by molar-refractivity contribution is -0.159. The van der Waals surface area contributed by atoms with Gasteiger partial charge in [0.05, 0.1) is 0 Å². The van der Waals surface area contributed by atoms with Crippen molar-refractivity contribution in [1.82, 2.24) is 0 Å². The van der Waals surface area contributed by atoms with Crippen molar-refractivity contribution in [1.29, 1.82) is 0 Å². The molecule has 0 aliphatic carbocycles. The first-order chi connectivity index (χ1) is 5.06. The van der Waals surface area contributed by atoms with E-state index in [4.69, 9.17) is 5.11 Å². The smallest absolute Gasteiger partial charge is 0.335 e. The van der Waals surface area contributed by atoms with Crippen LogP contribution >= 0.6 is 0 Å². The molecule has 0 aromatic rings. The zero-order valence-electron chi connectivity index (χ0n) is 7.13. The molecule has 0 spiro atoms. The van der Waals surface area contributed by atoms with Crippen LogP contribution in [0.15, 0.2) is 0 Å². The molecular weight excluding hydrogens is 144 g/mol. The van der Waals surface area contributed by atoms with Gasteiger partial charge in [0.15, 0.2) is 5.60 Å². The second-order valence-electron chi connectivity index (χ2n) is 2.79. The third-order valence-corrected chi connectivity index (χ3v) is 1.93. The van der Waals surface area contributed by atoms with Gasteiger partial charge in [-0.25, -0.2) is 4.79 Å². The van der Waals surface area contributed by atoms with E-state index in [1.165, 1.54) is 0 Å². The van der Waals surface area contributed by atoms with Crippen molar-refractivity contribution < 1.29 is 15.0 Å². The minimum atomic E-state index is -1.49. The predicted octanol–water partition coefficient (Wildman–Crippen LogP) is 1.40. The fourth-order valence-electron chi connectivity index (χ4n) is 0.904. The third-order valence-electron chi connectivity index (χ3n) is 1.93. The van der Waals surface area contributed by atoms with Crippen LogP contribution in [-0.2, 0) is 4.79 Å². The minimum Gasteiger partial charge on any atom is -0.479 e. The van der Waals surface area contributed by atoms with E-state index >= 15 is 0 Å². The Labute approximate surface area is 67.0 Å². The quantitative estimate of drug-likeness (QED) is 0.639. The molecular formula is C8H16O3. The average molecular weight is 160 g/mol. The minimum absolute atomic E-state index is 0.280. The second kappa shape index (κ2) is 4.34. The van der Waals surface area contributed by atoms with E-state index in [0.717, 1.165) is 12.8 Å². The molecule has 0 fully saturated rings. The van der Waals surface area contributed by atoms with Crippen LogP contribution in [-0.4, -0.2) is 21.8 Å². The SMILES string of the molecule is CCCC[C@](O)(CC)C(=O)O. The molecule has 0 aliphatic rings. The Hall–Kier alpha value is -0.570. The lowest BCUT2D eigenvalue weighted by atomic mass is 9.94.